The van der Waals surface area contributed by atoms with Gasteiger partial charge in [-0.3, -0.25) is 9.35 Å². The number of carbonyl (C=O) groups is 1. The predicted molar refractivity (Wildman–Crippen MR) is 94.2 cm³/mol. The number of phenols is 1. The molecule has 8 heteroatoms. The first-order chi connectivity index (χ1) is 11.8. The molecule has 25 heavy (non-hydrogen) atoms. The van der Waals surface area contributed by atoms with Gasteiger partial charge in [0, 0.05) is 28.1 Å². The Morgan fingerprint density at radius 3 is 2.32 bits per heavy atom. The summed E-state index contributed by atoms with van der Waals surface area (Å²) in [4.78, 5) is 11.9. The minimum Gasteiger partial charge on any atom is -0.507 e. The van der Waals surface area contributed by atoms with E-state index in [9.17, 15) is 22.9 Å². The highest BCUT2D eigenvalue weighted by atomic mass is 32.2. The van der Waals surface area contributed by atoms with Crippen LogP contribution >= 0.6 is 0 Å². The van der Waals surface area contributed by atoms with E-state index >= 15 is 0 Å². The molecule has 5 N–H and O–H groups in total. The zero-order chi connectivity index (χ0) is 18.2. The van der Waals surface area contributed by atoms with Gasteiger partial charge in [0.15, 0.2) is 0 Å². The van der Waals surface area contributed by atoms with Crippen LogP contribution in [0.2, 0.25) is 0 Å². The average molecular weight is 358 g/mol. The summed E-state index contributed by atoms with van der Waals surface area (Å²) in [7, 11) is -4.68. The van der Waals surface area contributed by atoms with Crippen molar-refractivity contribution in [3.63, 3.8) is 0 Å². The van der Waals surface area contributed by atoms with Crippen LogP contribution in [0.3, 0.4) is 0 Å². The molecule has 0 spiro atoms. The molecule has 0 atom stereocenters. The molecule has 3 aromatic rings. The van der Waals surface area contributed by atoms with Gasteiger partial charge >= 0.3 is 0 Å². The van der Waals surface area contributed by atoms with Crippen LogP contribution in [0.15, 0.2) is 59.5 Å². The van der Waals surface area contributed by atoms with Gasteiger partial charge in [-0.05, 0) is 18.2 Å². The van der Waals surface area contributed by atoms with Gasteiger partial charge in [0.05, 0.1) is 5.69 Å². The number of rotatable bonds is 3. The van der Waals surface area contributed by atoms with Gasteiger partial charge in [0.2, 0.25) is 0 Å². The molecule has 0 heterocycles. The Hall–Kier alpha value is -3.10. The molecule has 1 amide bonds. The summed E-state index contributed by atoms with van der Waals surface area (Å²) in [5, 5.41) is 13.1. The van der Waals surface area contributed by atoms with Crippen molar-refractivity contribution in [2.45, 2.75) is 4.90 Å². The van der Waals surface area contributed by atoms with Crippen molar-refractivity contribution in [2.24, 2.45) is 0 Å². The largest absolute Gasteiger partial charge is 0.507 e. The highest BCUT2D eigenvalue weighted by Gasteiger charge is 2.22. The van der Waals surface area contributed by atoms with E-state index in [1.807, 2.05) is 0 Å². The molecule has 0 aliphatic carbocycles. The quantitative estimate of drug-likeness (QED) is 0.323. The van der Waals surface area contributed by atoms with Crippen LogP contribution in [0.25, 0.3) is 10.8 Å². The molecule has 0 radical (unpaired) electrons. The Bertz CT molecular complexity index is 1090. The van der Waals surface area contributed by atoms with Gasteiger partial charge < -0.3 is 16.2 Å². The number of phenolic OH excluding ortho intramolecular Hbond substituents is 1. The van der Waals surface area contributed by atoms with Gasteiger partial charge in [-0.1, -0.05) is 30.3 Å². The maximum absolute atomic E-state index is 12.5. The molecule has 3 aromatic carbocycles. The van der Waals surface area contributed by atoms with Gasteiger partial charge in [0.25, 0.3) is 16.0 Å². The van der Waals surface area contributed by atoms with Crippen LogP contribution in [-0.2, 0) is 10.1 Å². The van der Waals surface area contributed by atoms with Crippen LogP contribution in [-0.4, -0.2) is 24.0 Å². The Morgan fingerprint density at radius 2 is 1.68 bits per heavy atom. The molecule has 128 valence electrons. The second-order valence-electron chi connectivity index (χ2n) is 5.37. The minimum absolute atomic E-state index is 0.122. The standard InChI is InChI=1S/C17H14N2O5S/c18-11-5-3-4-10(8-11)17(21)19-16-13-7-2-1-6-12(13)14(20)9-15(16)25(22,23)24/h1-9,20H,18H2,(H,19,21)(H,22,23,24). The number of anilines is 2. The molecule has 0 aliphatic rings. The molecule has 0 unspecified atom stereocenters. The molecular formula is C17H14N2O5S. The number of benzene rings is 3. The third kappa shape index (κ3) is 3.25. The maximum Gasteiger partial charge on any atom is 0.296 e. The summed E-state index contributed by atoms with van der Waals surface area (Å²) in [6, 6.07) is 13.4. The first kappa shape index (κ1) is 16.7. The van der Waals surface area contributed by atoms with E-state index in [2.05, 4.69) is 5.32 Å². The zero-order valence-corrected chi connectivity index (χ0v) is 13.6. The summed E-state index contributed by atoms with van der Waals surface area (Å²) < 4.78 is 32.9. The van der Waals surface area contributed by atoms with Crippen molar-refractivity contribution in [1.82, 2.24) is 0 Å². The van der Waals surface area contributed by atoms with E-state index in [0.717, 1.165) is 6.07 Å². The first-order valence-electron chi connectivity index (χ1n) is 7.16. The van der Waals surface area contributed by atoms with Crippen molar-refractivity contribution in [1.29, 1.82) is 0 Å². The SMILES string of the molecule is Nc1cccc(C(=O)Nc2c(S(=O)(=O)O)cc(O)c3ccccc23)c1. The fraction of sp³-hybridized carbons (Fsp3) is 0. The van der Waals surface area contributed by atoms with Crippen LogP contribution < -0.4 is 11.1 Å². The highest BCUT2D eigenvalue weighted by molar-refractivity contribution is 7.86. The first-order valence-corrected chi connectivity index (χ1v) is 8.60. The number of nitrogen functional groups attached to an aromatic ring is 1. The maximum atomic E-state index is 12.5. The molecule has 0 aromatic heterocycles. The molecule has 0 saturated carbocycles. The van der Waals surface area contributed by atoms with Crippen LogP contribution in [0.5, 0.6) is 5.75 Å². The number of aromatic hydroxyl groups is 1. The topological polar surface area (TPSA) is 130 Å². The van der Waals surface area contributed by atoms with Crippen molar-refractivity contribution < 1.29 is 22.9 Å². The monoisotopic (exact) mass is 358 g/mol. The third-order valence-electron chi connectivity index (χ3n) is 3.65. The molecule has 3 rings (SSSR count). The molecule has 0 saturated heterocycles. The molecule has 7 nitrogen and oxygen atoms in total. The number of carbonyl (C=O) groups excluding carboxylic acids is 1. The van der Waals surface area contributed by atoms with E-state index in [-0.39, 0.29) is 22.4 Å². The predicted octanol–water partition coefficient (Wildman–Crippen LogP) is 2.63. The smallest absolute Gasteiger partial charge is 0.296 e. The van der Waals surface area contributed by atoms with E-state index < -0.39 is 20.9 Å². The fourth-order valence-corrected chi connectivity index (χ4v) is 3.21. The van der Waals surface area contributed by atoms with Gasteiger partial charge in [-0.25, -0.2) is 0 Å². The zero-order valence-electron chi connectivity index (χ0n) is 12.8. The van der Waals surface area contributed by atoms with Crippen molar-refractivity contribution in [3.05, 3.63) is 60.2 Å². The van der Waals surface area contributed by atoms with E-state index in [4.69, 9.17) is 5.73 Å². The summed E-state index contributed by atoms with van der Waals surface area (Å²) in [5.41, 5.74) is 6.12. The van der Waals surface area contributed by atoms with Crippen LogP contribution in [0, 0.1) is 0 Å². The Kier molecular flexibility index (Phi) is 4.07. The molecule has 0 aliphatic heterocycles. The van der Waals surface area contributed by atoms with Crippen LogP contribution in [0.4, 0.5) is 11.4 Å². The number of hydrogen-bond donors (Lipinski definition) is 4. The number of amides is 1. The van der Waals surface area contributed by atoms with Crippen molar-refractivity contribution >= 4 is 38.2 Å². The minimum atomic E-state index is -4.68. The molecular weight excluding hydrogens is 344 g/mol. The summed E-state index contributed by atoms with van der Waals surface area (Å²) in [6.45, 7) is 0. The second-order valence-corrected chi connectivity index (χ2v) is 6.76. The Balaban J connectivity index is 2.20. The lowest BCUT2D eigenvalue weighted by Crippen LogP contribution is -2.15. The lowest BCUT2D eigenvalue weighted by molar-refractivity contribution is 0.102. The number of hydrogen-bond acceptors (Lipinski definition) is 5. The van der Waals surface area contributed by atoms with Crippen molar-refractivity contribution in [3.8, 4) is 5.75 Å². The Morgan fingerprint density at radius 1 is 1.00 bits per heavy atom. The van der Waals surface area contributed by atoms with Gasteiger partial charge in [-0.15, -0.1) is 0 Å². The highest BCUT2D eigenvalue weighted by Crippen LogP contribution is 2.37. The third-order valence-corrected chi connectivity index (χ3v) is 4.53. The summed E-state index contributed by atoms with van der Waals surface area (Å²) in [5.74, 6) is -0.932. The van der Waals surface area contributed by atoms with Crippen molar-refractivity contribution in [2.75, 3.05) is 11.1 Å². The molecule has 0 fully saturated rings. The van der Waals surface area contributed by atoms with E-state index in [1.54, 1.807) is 30.3 Å². The van der Waals surface area contributed by atoms with Crippen LogP contribution in [0.1, 0.15) is 10.4 Å². The number of nitrogens with two attached hydrogens (primary N) is 1. The Labute approximate surface area is 143 Å². The fourth-order valence-electron chi connectivity index (χ4n) is 2.53. The van der Waals surface area contributed by atoms with Gasteiger partial charge in [0.1, 0.15) is 10.6 Å². The average Bonchev–Trinajstić information content (AvgIpc) is 2.56. The lowest BCUT2D eigenvalue weighted by Gasteiger charge is -2.14. The molecule has 0 bridgehead atoms. The lowest BCUT2D eigenvalue weighted by atomic mass is 10.1. The summed E-state index contributed by atoms with van der Waals surface area (Å²) >= 11 is 0. The number of fused-ring (bicyclic) bond motifs is 1. The normalized spacial score (nSPS) is 11.4. The van der Waals surface area contributed by atoms with Gasteiger partial charge in [-0.2, -0.15) is 8.42 Å². The van der Waals surface area contributed by atoms with E-state index in [0.29, 0.717) is 11.1 Å². The van der Waals surface area contributed by atoms with E-state index in [1.165, 1.54) is 18.2 Å². The summed E-state index contributed by atoms with van der Waals surface area (Å²) in [6.07, 6.45) is 0. The second kappa shape index (κ2) is 6.08. The number of nitrogens with one attached hydrogen (secondary N) is 1.